The van der Waals surface area contributed by atoms with Crippen molar-refractivity contribution in [3.63, 3.8) is 0 Å². The van der Waals surface area contributed by atoms with Crippen LogP contribution in [-0.4, -0.2) is 26.5 Å². The molecule has 8 heteroatoms. The van der Waals surface area contributed by atoms with Gasteiger partial charge in [0.05, 0.1) is 11.8 Å². The molecule has 0 bridgehead atoms. The van der Waals surface area contributed by atoms with Gasteiger partial charge in [0.1, 0.15) is 0 Å². The van der Waals surface area contributed by atoms with Gasteiger partial charge in [-0.05, 0) is 25.5 Å². The molecule has 3 rings (SSSR count). The Labute approximate surface area is 167 Å². The number of amides is 1. The number of carbonyl (C=O) groups is 1. The molecule has 3 N–H and O–H groups in total. The maximum atomic E-state index is 12.3. The smallest absolute Gasteiger partial charge is 0.230 e. The Hall–Kier alpha value is -2.51. The van der Waals surface area contributed by atoms with Crippen LogP contribution >= 0.6 is 23.4 Å². The van der Waals surface area contributed by atoms with E-state index in [1.54, 1.807) is 6.07 Å². The highest BCUT2D eigenvalue weighted by atomic mass is 35.5. The van der Waals surface area contributed by atoms with Crippen molar-refractivity contribution in [1.29, 1.82) is 0 Å². The molecular weight excluding hydrogens is 382 g/mol. The van der Waals surface area contributed by atoms with Gasteiger partial charge in [-0.3, -0.25) is 4.79 Å². The van der Waals surface area contributed by atoms with Crippen LogP contribution in [-0.2, 0) is 4.79 Å². The Morgan fingerprint density at radius 2 is 1.93 bits per heavy atom. The Kier molecular flexibility index (Phi) is 6.03. The van der Waals surface area contributed by atoms with Gasteiger partial charge in [-0.15, -0.1) is 10.2 Å². The summed E-state index contributed by atoms with van der Waals surface area (Å²) in [7, 11) is 0. The number of benzene rings is 2. The van der Waals surface area contributed by atoms with Gasteiger partial charge >= 0.3 is 0 Å². The molecule has 0 radical (unpaired) electrons. The van der Waals surface area contributed by atoms with Gasteiger partial charge in [0.25, 0.3) is 0 Å². The maximum absolute atomic E-state index is 12.3. The second-order valence-electron chi connectivity index (χ2n) is 6.14. The quantitative estimate of drug-likeness (QED) is 0.487. The van der Waals surface area contributed by atoms with Crippen molar-refractivity contribution in [2.75, 3.05) is 11.6 Å². The van der Waals surface area contributed by atoms with E-state index in [9.17, 15) is 4.79 Å². The summed E-state index contributed by atoms with van der Waals surface area (Å²) in [5, 5.41) is 12.3. The number of hydrogen-bond acceptors (Lipinski definition) is 5. The summed E-state index contributed by atoms with van der Waals surface area (Å²) in [5.41, 5.74) is 2.90. The number of nitrogens with two attached hydrogens (primary N) is 1. The number of nitrogens with one attached hydrogen (secondary N) is 1. The minimum absolute atomic E-state index is 0.132. The van der Waals surface area contributed by atoms with Crippen molar-refractivity contribution >= 4 is 29.3 Å². The van der Waals surface area contributed by atoms with Crippen LogP contribution in [0.15, 0.2) is 53.7 Å². The Balaban J connectivity index is 1.61. The first-order valence-electron chi connectivity index (χ1n) is 8.40. The number of halogens is 1. The monoisotopic (exact) mass is 401 g/mol. The Morgan fingerprint density at radius 3 is 2.63 bits per heavy atom. The van der Waals surface area contributed by atoms with E-state index in [1.165, 1.54) is 16.4 Å². The summed E-state index contributed by atoms with van der Waals surface area (Å²) in [6, 6.07) is 15.1. The van der Waals surface area contributed by atoms with Crippen molar-refractivity contribution < 1.29 is 4.79 Å². The van der Waals surface area contributed by atoms with Gasteiger partial charge in [-0.1, -0.05) is 71.4 Å². The first-order chi connectivity index (χ1) is 13.0. The second kappa shape index (κ2) is 8.45. The van der Waals surface area contributed by atoms with Crippen LogP contribution in [0.2, 0.25) is 5.02 Å². The molecule has 0 aliphatic heterocycles. The summed E-state index contributed by atoms with van der Waals surface area (Å²) in [6.07, 6.45) is 0. The summed E-state index contributed by atoms with van der Waals surface area (Å²) < 4.78 is 1.40. The van der Waals surface area contributed by atoms with Crippen LogP contribution in [0.25, 0.3) is 11.4 Å². The molecule has 0 saturated heterocycles. The fourth-order valence-electron chi connectivity index (χ4n) is 2.59. The SMILES string of the molecule is Cc1ccc(-c2nnc(SCC(=O)N[C@H](C)c3ccccc3Cl)n2N)cc1. The van der Waals surface area contributed by atoms with Crippen LogP contribution < -0.4 is 11.2 Å². The molecule has 140 valence electrons. The molecule has 0 saturated carbocycles. The molecule has 1 amide bonds. The second-order valence-corrected chi connectivity index (χ2v) is 7.49. The lowest BCUT2D eigenvalue weighted by Gasteiger charge is -2.15. The molecule has 1 heterocycles. The molecule has 0 aliphatic carbocycles. The average Bonchev–Trinajstić information content (AvgIpc) is 3.01. The van der Waals surface area contributed by atoms with Crippen LogP contribution in [0.5, 0.6) is 0 Å². The molecule has 1 aromatic heterocycles. The number of carbonyl (C=O) groups excluding carboxylic acids is 1. The first kappa shape index (κ1) is 19.3. The number of hydrogen-bond donors (Lipinski definition) is 2. The third-order valence-electron chi connectivity index (χ3n) is 4.06. The van der Waals surface area contributed by atoms with Crippen LogP contribution in [0.4, 0.5) is 0 Å². The lowest BCUT2D eigenvalue weighted by atomic mass is 10.1. The van der Waals surface area contributed by atoms with Crippen molar-refractivity contribution in [3.8, 4) is 11.4 Å². The predicted molar refractivity (Wildman–Crippen MR) is 109 cm³/mol. The average molecular weight is 402 g/mol. The van der Waals surface area contributed by atoms with Gasteiger partial charge < -0.3 is 11.2 Å². The fraction of sp³-hybridized carbons (Fsp3) is 0.211. The molecule has 1 atom stereocenters. The van der Waals surface area contributed by atoms with Gasteiger partial charge in [-0.2, -0.15) is 0 Å². The molecule has 3 aromatic rings. The van der Waals surface area contributed by atoms with Crippen molar-refractivity contribution in [2.45, 2.75) is 25.0 Å². The van der Waals surface area contributed by atoms with Crippen LogP contribution in [0.3, 0.4) is 0 Å². The minimum Gasteiger partial charge on any atom is -0.349 e. The number of aryl methyl sites for hydroxylation is 1. The van der Waals surface area contributed by atoms with E-state index in [-0.39, 0.29) is 17.7 Å². The fourth-order valence-corrected chi connectivity index (χ4v) is 3.56. The number of rotatable bonds is 6. The van der Waals surface area contributed by atoms with Crippen LogP contribution in [0, 0.1) is 6.92 Å². The zero-order valence-corrected chi connectivity index (χ0v) is 16.6. The maximum Gasteiger partial charge on any atom is 0.230 e. The van der Waals surface area contributed by atoms with Crippen molar-refractivity contribution in [3.05, 3.63) is 64.7 Å². The first-order valence-corrected chi connectivity index (χ1v) is 9.76. The highest BCUT2D eigenvalue weighted by Gasteiger charge is 2.16. The number of thioether (sulfide) groups is 1. The normalized spacial score (nSPS) is 12.0. The molecule has 0 spiro atoms. The highest BCUT2D eigenvalue weighted by molar-refractivity contribution is 7.99. The molecule has 27 heavy (non-hydrogen) atoms. The van der Waals surface area contributed by atoms with Crippen molar-refractivity contribution in [2.24, 2.45) is 0 Å². The summed E-state index contributed by atoms with van der Waals surface area (Å²) in [4.78, 5) is 12.3. The minimum atomic E-state index is -0.189. The summed E-state index contributed by atoms with van der Waals surface area (Å²) >= 11 is 7.41. The summed E-state index contributed by atoms with van der Waals surface area (Å²) in [6.45, 7) is 3.91. The van der Waals surface area contributed by atoms with E-state index in [0.29, 0.717) is 16.0 Å². The molecular formula is C19H20ClN5OS. The lowest BCUT2D eigenvalue weighted by molar-refractivity contribution is -0.119. The van der Waals surface area contributed by atoms with Gasteiger partial charge in [0, 0.05) is 10.6 Å². The standard InChI is InChI=1S/C19H20ClN5OS/c1-12-7-9-14(10-8-12)18-23-24-19(25(18)21)27-11-17(26)22-13(2)15-5-3-4-6-16(15)20/h3-10,13H,11,21H2,1-2H3,(H,22,26)/t13-/m1/s1. The van der Waals surface area contributed by atoms with E-state index in [1.807, 2.05) is 56.3 Å². The molecule has 0 unspecified atom stereocenters. The third-order valence-corrected chi connectivity index (χ3v) is 5.34. The zero-order valence-electron chi connectivity index (χ0n) is 15.0. The number of nitrogens with zero attached hydrogens (tertiary/aromatic N) is 3. The van der Waals surface area contributed by atoms with E-state index >= 15 is 0 Å². The molecule has 0 fully saturated rings. The number of nitrogen functional groups attached to an aromatic ring is 1. The van der Waals surface area contributed by atoms with Gasteiger partial charge in [0.15, 0.2) is 5.82 Å². The molecule has 6 nitrogen and oxygen atoms in total. The van der Waals surface area contributed by atoms with E-state index in [4.69, 9.17) is 17.4 Å². The predicted octanol–water partition coefficient (Wildman–Crippen LogP) is 3.59. The molecule has 0 aliphatic rings. The zero-order chi connectivity index (χ0) is 19.4. The Bertz CT molecular complexity index is 942. The van der Waals surface area contributed by atoms with E-state index < -0.39 is 0 Å². The van der Waals surface area contributed by atoms with Crippen LogP contribution in [0.1, 0.15) is 24.1 Å². The number of aromatic nitrogens is 3. The summed E-state index contributed by atoms with van der Waals surface area (Å²) in [5.74, 6) is 6.70. The largest absolute Gasteiger partial charge is 0.349 e. The van der Waals surface area contributed by atoms with E-state index in [2.05, 4.69) is 15.5 Å². The Morgan fingerprint density at radius 1 is 1.22 bits per heavy atom. The van der Waals surface area contributed by atoms with E-state index in [0.717, 1.165) is 16.7 Å². The van der Waals surface area contributed by atoms with Crippen molar-refractivity contribution in [1.82, 2.24) is 20.2 Å². The van der Waals surface area contributed by atoms with Gasteiger partial charge in [0.2, 0.25) is 11.1 Å². The third kappa shape index (κ3) is 4.61. The topological polar surface area (TPSA) is 85.8 Å². The lowest BCUT2D eigenvalue weighted by Crippen LogP contribution is -2.28. The highest BCUT2D eigenvalue weighted by Crippen LogP contribution is 2.24. The van der Waals surface area contributed by atoms with Gasteiger partial charge in [-0.25, -0.2) is 4.68 Å². The molecule has 2 aromatic carbocycles.